The van der Waals surface area contributed by atoms with Crippen LogP contribution in [-0.2, 0) is 14.8 Å². The summed E-state index contributed by atoms with van der Waals surface area (Å²) in [5, 5.41) is 2.60. The molecule has 0 saturated heterocycles. The van der Waals surface area contributed by atoms with Gasteiger partial charge in [0.1, 0.15) is 12.4 Å². The number of benzene rings is 3. The number of halogens is 2. The zero-order valence-electron chi connectivity index (χ0n) is 19.5. The number of sulfonamides is 1. The van der Waals surface area contributed by atoms with Gasteiger partial charge in [-0.25, -0.2) is 12.8 Å². The lowest BCUT2D eigenvalue weighted by Gasteiger charge is -2.26. The monoisotopic (exact) mass is 520 g/mol. The van der Waals surface area contributed by atoms with Gasteiger partial charge in [0.2, 0.25) is 5.91 Å². The summed E-state index contributed by atoms with van der Waals surface area (Å²) in [7, 11) is -1.47. The first-order valence-corrected chi connectivity index (χ1v) is 12.6. The summed E-state index contributed by atoms with van der Waals surface area (Å²) < 4.78 is 52.5. The third-order valence-electron chi connectivity index (χ3n) is 5.37. The van der Waals surface area contributed by atoms with Gasteiger partial charge in [-0.3, -0.25) is 9.10 Å². The van der Waals surface area contributed by atoms with E-state index in [-0.39, 0.29) is 27.4 Å². The van der Waals surface area contributed by atoms with Crippen LogP contribution in [0.25, 0.3) is 0 Å². The second-order valence-electron chi connectivity index (χ2n) is 7.57. The van der Waals surface area contributed by atoms with Crippen molar-refractivity contribution >= 4 is 33.2 Å². The van der Waals surface area contributed by atoms with Gasteiger partial charge in [0, 0.05) is 6.07 Å². The average molecular weight is 521 g/mol. The summed E-state index contributed by atoms with van der Waals surface area (Å²) in [5.74, 6) is -0.705. The molecule has 0 aliphatic heterocycles. The molecule has 3 rings (SSSR count). The normalized spacial score (nSPS) is 12.0. The molecule has 1 amide bonds. The van der Waals surface area contributed by atoms with Crippen molar-refractivity contribution in [2.45, 2.75) is 24.3 Å². The Bertz CT molecular complexity index is 1290. The number of rotatable bonds is 10. The van der Waals surface area contributed by atoms with Crippen molar-refractivity contribution in [3.05, 3.63) is 83.1 Å². The van der Waals surface area contributed by atoms with E-state index in [0.717, 1.165) is 22.0 Å². The quantitative estimate of drug-likeness (QED) is 0.408. The molecule has 1 N–H and O–H groups in total. The Morgan fingerprint density at radius 3 is 2.31 bits per heavy atom. The van der Waals surface area contributed by atoms with Crippen LogP contribution in [0.3, 0.4) is 0 Å². The zero-order valence-corrected chi connectivity index (χ0v) is 21.1. The topological polar surface area (TPSA) is 84.9 Å². The molecule has 7 nitrogen and oxygen atoms in total. The number of methoxy groups -OCH3 is 2. The summed E-state index contributed by atoms with van der Waals surface area (Å²) in [6.45, 7) is 1.36. The van der Waals surface area contributed by atoms with Crippen molar-refractivity contribution in [2.75, 3.05) is 25.1 Å². The molecule has 35 heavy (non-hydrogen) atoms. The van der Waals surface area contributed by atoms with Crippen molar-refractivity contribution in [3.63, 3.8) is 0 Å². The Balaban J connectivity index is 1.99. The number of nitrogens with one attached hydrogen (secondary N) is 1. The van der Waals surface area contributed by atoms with Gasteiger partial charge in [-0.15, -0.1) is 0 Å². The van der Waals surface area contributed by atoms with E-state index in [1.807, 2.05) is 37.3 Å². The van der Waals surface area contributed by atoms with Crippen molar-refractivity contribution in [1.29, 1.82) is 0 Å². The van der Waals surface area contributed by atoms with Crippen LogP contribution in [0.1, 0.15) is 24.9 Å². The average Bonchev–Trinajstić information content (AvgIpc) is 2.87. The van der Waals surface area contributed by atoms with Gasteiger partial charge in [-0.05, 0) is 42.3 Å². The van der Waals surface area contributed by atoms with E-state index in [1.165, 1.54) is 38.5 Å². The summed E-state index contributed by atoms with van der Waals surface area (Å²) in [6, 6.07) is 16.6. The highest BCUT2D eigenvalue weighted by molar-refractivity contribution is 7.92. The Morgan fingerprint density at radius 2 is 1.71 bits per heavy atom. The van der Waals surface area contributed by atoms with Crippen LogP contribution in [0.15, 0.2) is 71.6 Å². The fourth-order valence-electron chi connectivity index (χ4n) is 3.54. The van der Waals surface area contributed by atoms with Gasteiger partial charge < -0.3 is 14.8 Å². The van der Waals surface area contributed by atoms with Gasteiger partial charge in [0.05, 0.1) is 35.9 Å². The van der Waals surface area contributed by atoms with Crippen molar-refractivity contribution in [1.82, 2.24) is 5.32 Å². The van der Waals surface area contributed by atoms with Gasteiger partial charge >= 0.3 is 0 Å². The minimum absolute atomic E-state index is 0.0362. The van der Waals surface area contributed by atoms with E-state index in [1.54, 1.807) is 0 Å². The second kappa shape index (κ2) is 11.4. The Kier molecular flexibility index (Phi) is 8.58. The molecule has 3 aromatic rings. The fraction of sp³-hybridized carbons (Fsp3) is 0.240. The number of amides is 1. The third-order valence-corrected chi connectivity index (χ3v) is 7.43. The third kappa shape index (κ3) is 6.04. The minimum atomic E-state index is -4.29. The largest absolute Gasteiger partial charge is 0.493 e. The maximum absolute atomic E-state index is 13.8. The summed E-state index contributed by atoms with van der Waals surface area (Å²) in [5.41, 5.74) is 0.927. The maximum Gasteiger partial charge on any atom is 0.264 e. The molecule has 0 fully saturated rings. The number of carbonyl (C=O) groups excluding carboxylic acids is 1. The lowest BCUT2D eigenvalue weighted by atomic mass is 10.0. The molecular formula is C25H26ClFN2O5S. The molecule has 3 aromatic carbocycles. The van der Waals surface area contributed by atoms with Crippen LogP contribution in [0, 0.1) is 5.82 Å². The summed E-state index contributed by atoms with van der Waals surface area (Å²) in [6.07, 6.45) is 0.598. The van der Waals surface area contributed by atoms with E-state index >= 15 is 0 Å². The molecule has 10 heteroatoms. The second-order valence-corrected chi connectivity index (χ2v) is 9.84. The smallest absolute Gasteiger partial charge is 0.264 e. The van der Waals surface area contributed by atoms with Crippen LogP contribution < -0.4 is 19.1 Å². The molecule has 0 aliphatic carbocycles. The van der Waals surface area contributed by atoms with Gasteiger partial charge in [0.15, 0.2) is 11.5 Å². The number of anilines is 1. The van der Waals surface area contributed by atoms with Crippen LogP contribution in [0.4, 0.5) is 10.1 Å². The molecule has 0 heterocycles. The van der Waals surface area contributed by atoms with Crippen molar-refractivity contribution in [3.8, 4) is 11.5 Å². The predicted octanol–water partition coefficient (Wildman–Crippen LogP) is 4.96. The van der Waals surface area contributed by atoms with Gasteiger partial charge in [0.25, 0.3) is 10.0 Å². The number of hydrogen-bond donors (Lipinski definition) is 1. The highest BCUT2D eigenvalue weighted by atomic mass is 35.5. The molecule has 1 unspecified atom stereocenters. The fourth-order valence-corrected chi connectivity index (χ4v) is 5.14. The predicted molar refractivity (Wildman–Crippen MR) is 133 cm³/mol. The van der Waals surface area contributed by atoms with Crippen molar-refractivity contribution in [2.24, 2.45) is 0 Å². The lowest BCUT2D eigenvalue weighted by molar-refractivity contribution is -0.120. The molecule has 0 bridgehead atoms. The van der Waals surface area contributed by atoms with E-state index in [9.17, 15) is 17.6 Å². The first-order valence-electron chi connectivity index (χ1n) is 10.7. The molecule has 0 aliphatic rings. The summed E-state index contributed by atoms with van der Waals surface area (Å²) >= 11 is 5.93. The number of nitrogens with zero attached hydrogens (tertiary/aromatic N) is 1. The van der Waals surface area contributed by atoms with Crippen LogP contribution in [0.5, 0.6) is 11.5 Å². The van der Waals surface area contributed by atoms with E-state index in [4.69, 9.17) is 21.1 Å². The highest BCUT2D eigenvalue weighted by Crippen LogP contribution is 2.33. The van der Waals surface area contributed by atoms with Gasteiger partial charge in [-0.2, -0.15) is 0 Å². The Hall–Kier alpha value is -3.30. The molecule has 0 radical (unpaired) electrons. The molecular weight excluding hydrogens is 495 g/mol. The minimum Gasteiger partial charge on any atom is -0.493 e. The Morgan fingerprint density at radius 1 is 1.03 bits per heavy atom. The van der Waals surface area contributed by atoms with Crippen LogP contribution in [0.2, 0.25) is 5.02 Å². The molecule has 1 atom stereocenters. The number of carbonyl (C=O) groups is 1. The lowest BCUT2D eigenvalue weighted by Crippen LogP contribution is -2.42. The van der Waals surface area contributed by atoms with E-state index in [0.29, 0.717) is 12.2 Å². The molecule has 0 saturated carbocycles. The Labute approximate surface area is 209 Å². The highest BCUT2D eigenvalue weighted by Gasteiger charge is 2.29. The van der Waals surface area contributed by atoms with E-state index < -0.39 is 28.3 Å². The molecule has 0 aromatic heterocycles. The maximum atomic E-state index is 13.8. The first kappa shape index (κ1) is 26.3. The van der Waals surface area contributed by atoms with E-state index in [2.05, 4.69) is 5.32 Å². The number of hydrogen-bond acceptors (Lipinski definition) is 5. The van der Waals surface area contributed by atoms with Crippen molar-refractivity contribution < 1.29 is 27.1 Å². The molecule has 186 valence electrons. The van der Waals surface area contributed by atoms with Gasteiger partial charge in [-0.1, -0.05) is 48.9 Å². The zero-order chi connectivity index (χ0) is 25.6. The van der Waals surface area contributed by atoms with Crippen LogP contribution >= 0.6 is 11.6 Å². The standard InChI is InChI=1S/C25H26ClFN2O5S/c1-4-22(17-8-6-5-7-9-17)28-25(30)16-29(18-10-12-21(27)20(26)14-18)35(31,32)19-11-13-23(33-2)24(15-19)34-3/h5-15,22H,4,16H2,1-3H3,(H,28,30). The first-order chi connectivity index (χ1) is 16.7. The SMILES string of the molecule is CCC(NC(=O)CN(c1ccc(F)c(Cl)c1)S(=O)(=O)c1ccc(OC)c(OC)c1)c1ccccc1. The molecule has 0 spiro atoms. The summed E-state index contributed by atoms with van der Waals surface area (Å²) in [4.78, 5) is 12.9. The number of ether oxygens (including phenoxy) is 2. The van der Waals surface area contributed by atoms with Crippen LogP contribution in [-0.4, -0.2) is 35.1 Å².